The summed E-state index contributed by atoms with van der Waals surface area (Å²) >= 11 is 0. The van der Waals surface area contributed by atoms with E-state index in [1.807, 2.05) is 0 Å². The lowest BCUT2D eigenvalue weighted by Crippen LogP contribution is -1.94. The summed E-state index contributed by atoms with van der Waals surface area (Å²) in [6.45, 7) is 0. The van der Waals surface area contributed by atoms with E-state index in [1.165, 1.54) is 48.6 Å². The number of nitro groups is 1. The molecule has 0 aliphatic heterocycles. The number of nitro benzene ring substituents is 1. The van der Waals surface area contributed by atoms with Crippen LogP contribution in [-0.2, 0) is 0 Å². The van der Waals surface area contributed by atoms with Gasteiger partial charge in [-0.2, -0.15) is 0 Å². The van der Waals surface area contributed by atoms with E-state index in [1.54, 1.807) is 0 Å². The van der Waals surface area contributed by atoms with Crippen LogP contribution < -0.4 is 0 Å². The Bertz CT molecular complexity index is 719. The van der Waals surface area contributed by atoms with Crippen LogP contribution in [0.3, 0.4) is 0 Å². The first-order valence-electron chi connectivity index (χ1n) is 5.96. The molecule has 2 rings (SSSR count). The molecule has 0 unspecified atom stereocenters. The Hall–Kier alpha value is -3.15. The summed E-state index contributed by atoms with van der Waals surface area (Å²) in [7, 11) is 0. The molecule has 2 aromatic carbocycles. The predicted octanol–water partition coefficient (Wildman–Crippen LogP) is 2.90. The van der Waals surface area contributed by atoms with Crippen molar-refractivity contribution < 1.29 is 19.9 Å². The van der Waals surface area contributed by atoms with Crippen LogP contribution >= 0.6 is 0 Å². The van der Waals surface area contributed by atoms with Gasteiger partial charge in [0.25, 0.3) is 5.69 Å². The molecule has 0 amide bonds. The minimum absolute atomic E-state index is 0.0202. The third-order valence-corrected chi connectivity index (χ3v) is 2.78. The standard InChI is InChI=1S/C15H11NO5/c17-12-6-8-15(19)13(9-12)14(18)7-3-10-1-4-11(5-2-10)16(20)21/h1-9,17,19H/b7-3+. The van der Waals surface area contributed by atoms with Crippen molar-refractivity contribution >= 4 is 17.5 Å². The lowest BCUT2D eigenvalue weighted by Gasteiger charge is -2.01. The van der Waals surface area contributed by atoms with Gasteiger partial charge in [0.15, 0.2) is 5.78 Å². The van der Waals surface area contributed by atoms with Crippen LogP contribution in [0, 0.1) is 10.1 Å². The maximum Gasteiger partial charge on any atom is 0.269 e. The fourth-order valence-corrected chi connectivity index (χ4v) is 1.69. The van der Waals surface area contributed by atoms with Crippen LogP contribution in [0.5, 0.6) is 11.5 Å². The van der Waals surface area contributed by atoms with Crippen molar-refractivity contribution in [3.8, 4) is 11.5 Å². The third-order valence-electron chi connectivity index (χ3n) is 2.78. The minimum atomic E-state index is -0.510. The molecular formula is C15H11NO5. The number of benzene rings is 2. The van der Waals surface area contributed by atoms with Gasteiger partial charge in [-0.25, -0.2) is 0 Å². The van der Waals surface area contributed by atoms with E-state index < -0.39 is 10.7 Å². The highest BCUT2D eigenvalue weighted by Crippen LogP contribution is 2.23. The van der Waals surface area contributed by atoms with Gasteiger partial charge in [0.1, 0.15) is 11.5 Å². The number of hydrogen-bond acceptors (Lipinski definition) is 5. The Kier molecular flexibility index (Phi) is 3.99. The highest BCUT2D eigenvalue weighted by Gasteiger charge is 2.09. The van der Waals surface area contributed by atoms with Gasteiger partial charge < -0.3 is 10.2 Å². The number of nitrogens with zero attached hydrogens (tertiary/aromatic N) is 1. The predicted molar refractivity (Wildman–Crippen MR) is 76.2 cm³/mol. The van der Waals surface area contributed by atoms with Crippen LogP contribution in [-0.4, -0.2) is 20.9 Å². The fourth-order valence-electron chi connectivity index (χ4n) is 1.69. The second-order valence-corrected chi connectivity index (χ2v) is 4.25. The van der Waals surface area contributed by atoms with Crippen LogP contribution in [0.1, 0.15) is 15.9 Å². The van der Waals surface area contributed by atoms with E-state index in [4.69, 9.17) is 0 Å². The molecule has 106 valence electrons. The Morgan fingerprint density at radius 2 is 1.76 bits per heavy atom. The van der Waals surface area contributed by atoms with E-state index in [0.717, 1.165) is 6.07 Å². The van der Waals surface area contributed by atoms with Crippen molar-refractivity contribution in [2.45, 2.75) is 0 Å². The number of hydrogen-bond donors (Lipinski definition) is 2. The first-order chi connectivity index (χ1) is 9.97. The lowest BCUT2D eigenvalue weighted by molar-refractivity contribution is -0.384. The fraction of sp³-hybridized carbons (Fsp3) is 0. The van der Waals surface area contributed by atoms with Gasteiger partial charge >= 0.3 is 0 Å². The van der Waals surface area contributed by atoms with Crippen LogP contribution in [0.4, 0.5) is 5.69 Å². The maximum absolute atomic E-state index is 11.9. The van der Waals surface area contributed by atoms with E-state index in [2.05, 4.69) is 0 Å². The molecule has 0 aliphatic carbocycles. The number of ketones is 1. The maximum atomic E-state index is 11.9. The molecule has 2 aromatic rings. The van der Waals surface area contributed by atoms with Crippen molar-refractivity contribution in [2.24, 2.45) is 0 Å². The average molecular weight is 285 g/mol. The van der Waals surface area contributed by atoms with Crippen molar-refractivity contribution in [1.82, 2.24) is 0 Å². The minimum Gasteiger partial charge on any atom is -0.508 e. The largest absolute Gasteiger partial charge is 0.508 e. The third kappa shape index (κ3) is 3.44. The Labute approximate surface area is 119 Å². The number of rotatable bonds is 4. The highest BCUT2D eigenvalue weighted by atomic mass is 16.6. The topological polar surface area (TPSA) is 101 Å². The zero-order valence-corrected chi connectivity index (χ0v) is 10.8. The highest BCUT2D eigenvalue weighted by molar-refractivity contribution is 6.08. The molecule has 0 saturated carbocycles. The van der Waals surface area contributed by atoms with Crippen LogP contribution in [0.25, 0.3) is 6.08 Å². The number of allylic oxidation sites excluding steroid dienone is 1. The zero-order valence-electron chi connectivity index (χ0n) is 10.8. The molecule has 0 radical (unpaired) electrons. The second-order valence-electron chi connectivity index (χ2n) is 4.25. The molecule has 0 aliphatic rings. The number of phenolic OH excluding ortho intramolecular Hbond substituents is 2. The molecule has 0 spiro atoms. The van der Waals surface area contributed by atoms with E-state index in [0.29, 0.717) is 5.56 Å². The molecule has 2 N–H and O–H groups in total. The van der Waals surface area contributed by atoms with Crippen molar-refractivity contribution in [2.75, 3.05) is 0 Å². The molecule has 0 heterocycles. The van der Waals surface area contributed by atoms with Crippen LogP contribution in [0.2, 0.25) is 0 Å². The number of carbonyl (C=O) groups excluding carboxylic acids is 1. The van der Waals surface area contributed by atoms with Gasteiger partial charge in [-0.05, 0) is 42.0 Å². The summed E-state index contributed by atoms with van der Waals surface area (Å²) in [4.78, 5) is 21.9. The molecule has 6 nitrogen and oxygen atoms in total. The number of non-ortho nitro benzene ring substituents is 1. The summed E-state index contributed by atoms with van der Waals surface area (Å²) < 4.78 is 0. The summed E-state index contributed by atoms with van der Waals surface area (Å²) in [5.41, 5.74) is 0.547. The number of phenols is 2. The lowest BCUT2D eigenvalue weighted by atomic mass is 10.1. The molecule has 21 heavy (non-hydrogen) atoms. The molecule has 0 saturated heterocycles. The zero-order chi connectivity index (χ0) is 15.4. The summed E-state index contributed by atoms with van der Waals surface area (Å²) in [5, 5.41) is 29.4. The van der Waals surface area contributed by atoms with Gasteiger partial charge in [-0.3, -0.25) is 14.9 Å². The van der Waals surface area contributed by atoms with Crippen molar-refractivity contribution in [3.05, 3.63) is 69.8 Å². The SMILES string of the molecule is O=C(/C=C/c1ccc([N+](=O)[O-])cc1)c1cc(O)ccc1O. The first kappa shape index (κ1) is 14.3. The van der Waals surface area contributed by atoms with E-state index >= 15 is 0 Å². The number of carbonyl (C=O) groups is 1. The van der Waals surface area contributed by atoms with Gasteiger partial charge in [0.2, 0.25) is 0 Å². The van der Waals surface area contributed by atoms with Gasteiger partial charge in [-0.1, -0.05) is 6.08 Å². The second kappa shape index (κ2) is 5.87. The molecule has 6 heteroatoms. The Morgan fingerprint density at radius 1 is 1.10 bits per heavy atom. The van der Waals surface area contributed by atoms with Crippen molar-refractivity contribution in [1.29, 1.82) is 0 Å². The molecule has 0 fully saturated rings. The van der Waals surface area contributed by atoms with Crippen molar-refractivity contribution in [3.63, 3.8) is 0 Å². The van der Waals surface area contributed by atoms with Gasteiger partial charge in [-0.15, -0.1) is 0 Å². The van der Waals surface area contributed by atoms with E-state index in [9.17, 15) is 25.1 Å². The Balaban J connectivity index is 2.18. The van der Waals surface area contributed by atoms with Gasteiger partial charge in [0.05, 0.1) is 10.5 Å². The quantitative estimate of drug-likeness (QED) is 0.296. The monoisotopic (exact) mass is 285 g/mol. The van der Waals surface area contributed by atoms with Crippen LogP contribution in [0.15, 0.2) is 48.5 Å². The first-order valence-corrected chi connectivity index (χ1v) is 5.96. The average Bonchev–Trinajstić information content (AvgIpc) is 2.47. The van der Waals surface area contributed by atoms with Gasteiger partial charge in [0, 0.05) is 12.1 Å². The summed E-state index contributed by atoms with van der Waals surface area (Å²) in [5.74, 6) is -0.840. The smallest absolute Gasteiger partial charge is 0.269 e. The molecule has 0 aromatic heterocycles. The molecular weight excluding hydrogens is 274 g/mol. The summed E-state index contributed by atoms with van der Waals surface area (Å²) in [6, 6.07) is 9.33. The number of aromatic hydroxyl groups is 2. The molecule has 0 bridgehead atoms. The Morgan fingerprint density at radius 3 is 2.38 bits per heavy atom. The summed E-state index contributed by atoms with van der Waals surface area (Å²) in [6.07, 6.45) is 2.69. The molecule has 0 atom stereocenters. The van der Waals surface area contributed by atoms with E-state index in [-0.39, 0.29) is 22.7 Å². The normalized spacial score (nSPS) is 10.7.